The predicted molar refractivity (Wildman–Crippen MR) is 69.3 cm³/mol. The largest absolute Gasteiger partial charge is 0.494 e. The Labute approximate surface area is 99.5 Å². The predicted octanol–water partition coefficient (Wildman–Crippen LogP) is 2.61. The molecule has 0 saturated carbocycles. The van der Waals surface area contributed by atoms with Crippen molar-refractivity contribution in [2.75, 3.05) is 6.61 Å². The second-order valence-corrected chi connectivity index (χ2v) is 3.71. The lowest BCUT2D eigenvalue weighted by molar-refractivity contribution is 0.340. The lowest BCUT2D eigenvalue weighted by Crippen LogP contribution is -2.10. The second-order valence-electron chi connectivity index (χ2n) is 3.71. The smallest absolute Gasteiger partial charge is 0.330 e. The van der Waals surface area contributed by atoms with E-state index in [1.807, 2.05) is 38.1 Å². The van der Waals surface area contributed by atoms with Crippen molar-refractivity contribution in [1.82, 2.24) is 9.55 Å². The van der Waals surface area contributed by atoms with E-state index in [1.165, 1.54) is 0 Å². The summed E-state index contributed by atoms with van der Waals surface area (Å²) in [6.45, 7) is 4.58. The van der Waals surface area contributed by atoms with Crippen LogP contribution in [0.15, 0.2) is 29.1 Å². The molecule has 1 aromatic heterocycles. The first kappa shape index (κ1) is 11.5. The number of allylic oxidation sites excluding steroid dienone is 1. The molecule has 0 aliphatic carbocycles. The summed E-state index contributed by atoms with van der Waals surface area (Å²) in [6.07, 6.45) is 4.64. The van der Waals surface area contributed by atoms with Crippen molar-refractivity contribution in [3.63, 3.8) is 0 Å². The molecule has 0 aliphatic rings. The molecule has 0 atom stereocenters. The van der Waals surface area contributed by atoms with Crippen LogP contribution in [0.3, 0.4) is 0 Å². The number of aromatic amines is 1. The monoisotopic (exact) mass is 232 g/mol. The van der Waals surface area contributed by atoms with Crippen molar-refractivity contribution in [3.05, 3.63) is 34.8 Å². The molecule has 2 rings (SSSR count). The molecular weight excluding hydrogens is 216 g/mol. The summed E-state index contributed by atoms with van der Waals surface area (Å²) in [5, 5.41) is 0. The third kappa shape index (κ3) is 2.25. The van der Waals surface area contributed by atoms with Gasteiger partial charge in [0.1, 0.15) is 5.75 Å². The Balaban J connectivity index is 2.52. The molecule has 1 N–H and O–H groups in total. The van der Waals surface area contributed by atoms with Crippen LogP contribution in [0.4, 0.5) is 0 Å². The maximum absolute atomic E-state index is 11.7. The number of H-pyrrole nitrogens is 1. The minimum atomic E-state index is -0.127. The molecule has 0 fully saturated rings. The summed E-state index contributed by atoms with van der Waals surface area (Å²) in [5.74, 6) is 0.771. The lowest BCUT2D eigenvalue weighted by Gasteiger charge is -2.02. The molecule has 0 saturated heterocycles. The number of ether oxygens (including phenoxy) is 1. The van der Waals surface area contributed by atoms with E-state index in [4.69, 9.17) is 4.74 Å². The van der Waals surface area contributed by atoms with E-state index >= 15 is 0 Å². The number of hydrogen-bond donors (Lipinski definition) is 1. The minimum Gasteiger partial charge on any atom is -0.494 e. The van der Waals surface area contributed by atoms with E-state index in [1.54, 1.807) is 10.8 Å². The second kappa shape index (κ2) is 4.91. The van der Waals surface area contributed by atoms with Crippen LogP contribution in [0.25, 0.3) is 17.2 Å². The van der Waals surface area contributed by atoms with Crippen molar-refractivity contribution in [2.24, 2.45) is 0 Å². The molecule has 90 valence electrons. The van der Waals surface area contributed by atoms with Gasteiger partial charge in [-0.05, 0) is 25.5 Å². The molecule has 0 bridgehead atoms. The van der Waals surface area contributed by atoms with Gasteiger partial charge in [-0.25, -0.2) is 4.79 Å². The van der Waals surface area contributed by atoms with Gasteiger partial charge in [-0.15, -0.1) is 0 Å². The van der Waals surface area contributed by atoms with Crippen molar-refractivity contribution < 1.29 is 4.74 Å². The average Bonchev–Trinajstić information content (AvgIpc) is 2.62. The van der Waals surface area contributed by atoms with Gasteiger partial charge >= 0.3 is 5.69 Å². The Kier molecular flexibility index (Phi) is 3.32. The standard InChI is InChI=1S/C13H16N2O2/c1-3-5-8-15-12-7-6-10(17-4-2)9-11(12)14-13(15)16/h5-9H,3-4H2,1-2H3,(H,14,16). The number of nitrogens with one attached hydrogen (secondary N) is 1. The first-order valence-electron chi connectivity index (χ1n) is 5.80. The van der Waals surface area contributed by atoms with Gasteiger partial charge in [0.2, 0.25) is 0 Å². The van der Waals surface area contributed by atoms with Crippen LogP contribution < -0.4 is 10.4 Å². The maximum atomic E-state index is 11.7. The van der Waals surface area contributed by atoms with E-state index in [9.17, 15) is 4.79 Å². The number of fused-ring (bicyclic) bond motifs is 1. The normalized spacial score (nSPS) is 11.4. The molecule has 0 spiro atoms. The number of benzene rings is 1. The number of rotatable bonds is 4. The van der Waals surface area contributed by atoms with Gasteiger partial charge in [-0.2, -0.15) is 0 Å². The fourth-order valence-electron chi connectivity index (χ4n) is 1.73. The molecule has 1 aromatic carbocycles. The number of nitrogens with zero attached hydrogens (tertiary/aromatic N) is 1. The summed E-state index contributed by atoms with van der Waals surface area (Å²) < 4.78 is 7.00. The first-order chi connectivity index (χ1) is 8.26. The van der Waals surface area contributed by atoms with Crippen LogP contribution in [0, 0.1) is 0 Å². The van der Waals surface area contributed by atoms with E-state index in [-0.39, 0.29) is 5.69 Å². The zero-order valence-electron chi connectivity index (χ0n) is 10.1. The van der Waals surface area contributed by atoms with E-state index in [2.05, 4.69) is 4.98 Å². The SMILES string of the molecule is CCC=Cn1c(=O)[nH]c2cc(OCC)ccc21. The molecule has 17 heavy (non-hydrogen) atoms. The van der Waals surface area contributed by atoms with Crippen molar-refractivity contribution in [1.29, 1.82) is 0 Å². The molecule has 0 radical (unpaired) electrons. The molecule has 1 heterocycles. The van der Waals surface area contributed by atoms with Gasteiger partial charge < -0.3 is 9.72 Å². The molecule has 4 heteroatoms. The summed E-state index contributed by atoms with van der Waals surface area (Å²) in [4.78, 5) is 14.5. The fraction of sp³-hybridized carbons (Fsp3) is 0.308. The molecular formula is C13H16N2O2. The number of aromatic nitrogens is 2. The van der Waals surface area contributed by atoms with Crippen LogP contribution in [-0.4, -0.2) is 16.2 Å². The Morgan fingerprint density at radius 1 is 1.41 bits per heavy atom. The minimum absolute atomic E-state index is 0.127. The zero-order chi connectivity index (χ0) is 12.3. The molecule has 0 unspecified atom stereocenters. The van der Waals surface area contributed by atoms with Crippen molar-refractivity contribution in [2.45, 2.75) is 20.3 Å². The Bertz CT molecular complexity index is 593. The third-order valence-corrected chi connectivity index (χ3v) is 2.49. The van der Waals surface area contributed by atoms with Gasteiger partial charge in [0.25, 0.3) is 0 Å². The van der Waals surface area contributed by atoms with E-state index in [0.717, 1.165) is 23.2 Å². The van der Waals surface area contributed by atoms with Gasteiger partial charge in [0, 0.05) is 12.3 Å². The summed E-state index contributed by atoms with van der Waals surface area (Å²) in [6, 6.07) is 5.60. The molecule has 0 aliphatic heterocycles. The quantitative estimate of drug-likeness (QED) is 0.880. The molecule has 4 nitrogen and oxygen atoms in total. The highest BCUT2D eigenvalue weighted by Crippen LogP contribution is 2.18. The lowest BCUT2D eigenvalue weighted by atomic mass is 10.3. The third-order valence-electron chi connectivity index (χ3n) is 2.49. The summed E-state index contributed by atoms with van der Waals surface area (Å²) in [7, 11) is 0. The molecule has 0 amide bonds. The van der Waals surface area contributed by atoms with Crippen LogP contribution in [0.1, 0.15) is 20.3 Å². The number of hydrogen-bond acceptors (Lipinski definition) is 2. The zero-order valence-corrected chi connectivity index (χ0v) is 10.1. The van der Waals surface area contributed by atoms with Crippen LogP contribution in [0.5, 0.6) is 5.75 Å². The van der Waals surface area contributed by atoms with Crippen LogP contribution in [-0.2, 0) is 0 Å². The fourth-order valence-corrected chi connectivity index (χ4v) is 1.73. The van der Waals surface area contributed by atoms with Crippen molar-refractivity contribution in [3.8, 4) is 5.75 Å². The Morgan fingerprint density at radius 2 is 2.24 bits per heavy atom. The molecule has 2 aromatic rings. The highest BCUT2D eigenvalue weighted by Gasteiger charge is 2.05. The van der Waals surface area contributed by atoms with E-state index in [0.29, 0.717) is 6.61 Å². The highest BCUT2D eigenvalue weighted by molar-refractivity contribution is 5.78. The van der Waals surface area contributed by atoms with E-state index < -0.39 is 0 Å². The van der Waals surface area contributed by atoms with Gasteiger partial charge in [-0.1, -0.05) is 13.0 Å². The first-order valence-corrected chi connectivity index (χ1v) is 5.80. The van der Waals surface area contributed by atoms with Gasteiger partial charge in [0.15, 0.2) is 0 Å². The van der Waals surface area contributed by atoms with Crippen LogP contribution >= 0.6 is 0 Å². The van der Waals surface area contributed by atoms with Gasteiger partial charge in [-0.3, -0.25) is 4.57 Å². The summed E-state index contributed by atoms with van der Waals surface area (Å²) in [5.41, 5.74) is 1.53. The number of imidazole rings is 1. The van der Waals surface area contributed by atoms with Crippen molar-refractivity contribution >= 4 is 17.2 Å². The Hall–Kier alpha value is -1.97. The Morgan fingerprint density at radius 3 is 2.94 bits per heavy atom. The van der Waals surface area contributed by atoms with Crippen LogP contribution in [0.2, 0.25) is 0 Å². The maximum Gasteiger partial charge on any atom is 0.330 e. The highest BCUT2D eigenvalue weighted by atomic mass is 16.5. The topological polar surface area (TPSA) is 47.0 Å². The average molecular weight is 232 g/mol. The van der Waals surface area contributed by atoms with Gasteiger partial charge in [0.05, 0.1) is 17.6 Å². The summed E-state index contributed by atoms with van der Waals surface area (Å²) >= 11 is 0.